The van der Waals surface area contributed by atoms with Crippen LogP contribution in [0.2, 0.25) is 0 Å². The van der Waals surface area contributed by atoms with Gasteiger partial charge >= 0.3 is 5.97 Å². The van der Waals surface area contributed by atoms with Crippen molar-refractivity contribution in [2.45, 2.75) is 13.5 Å². The number of halogens is 2. The summed E-state index contributed by atoms with van der Waals surface area (Å²) in [5.74, 6) is -2.76. The number of aromatic nitrogens is 1. The van der Waals surface area contributed by atoms with Gasteiger partial charge in [0, 0.05) is 12.3 Å². The lowest BCUT2D eigenvalue weighted by atomic mass is 10.2. The summed E-state index contributed by atoms with van der Waals surface area (Å²) in [4.78, 5) is 15.7. The van der Waals surface area contributed by atoms with Gasteiger partial charge in [-0.15, -0.1) is 0 Å². The molecule has 0 aliphatic carbocycles. The lowest BCUT2D eigenvalue weighted by Gasteiger charge is -2.08. The molecule has 0 spiro atoms. The van der Waals surface area contributed by atoms with Gasteiger partial charge in [0.25, 0.3) is 0 Å². The molecule has 2 aromatic rings. The van der Waals surface area contributed by atoms with Crippen LogP contribution in [-0.2, 0) is 11.3 Å². The topological polar surface area (TPSA) is 65.2 Å². The van der Waals surface area contributed by atoms with E-state index in [0.29, 0.717) is 5.69 Å². The molecule has 0 amide bonds. The zero-order valence-electron chi connectivity index (χ0n) is 10.7. The molecule has 2 N–H and O–H groups in total. The summed E-state index contributed by atoms with van der Waals surface area (Å²) in [6.07, 6.45) is 1.56. The summed E-state index contributed by atoms with van der Waals surface area (Å²) in [5.41, 5.74) is 5.73. The second-order valence-corrected chi connectivity index (χ2v) is 4.20. The first kappa shape index (κ1) is 13.9. The van der Waals surface area contributed by atoms with Crippen LogP contribution in [0.15, 0.2) is 30.5 Å². The molecular formula is C14H12F2N2O2. The Hall–Kier alpha value is -2.50. The van der Waals surface area contributed by atoms with E-state index in [1.54, 1.807) is 25.3 Å². The van der Waals surface area contributed by atoms with Crippen molar-refractivity contribution in [3.63, 3.8) is 0 Å². The van der Waals surface area contributed by atoms with E-state index in [1.807, 2.05) is 0 Å². The Kier molecular flexibility index (Phi) is 3.93. The highest BCUT2D eigenvalue weighted by Gasteiger charge is 2.17. The average Bonchev–Trinajstić information content (AvgIpc) is 2.41. The summed E-state index contributed by atoms with van der Waals surface area (Å²) >= 11 is 0. The molecule has 104 valence electrons. The van der Waals surface area contributed by atoms with Crippen molar-refractivity contribution >= 4 is 11.7 Å². The van der Waals surface area contributed by atoms with Gasteiger partial charge in [0.05, 0.1) is 16.9 Å². The van der Waals surface area contributed by atoms with E-state index >= 15 is 0 Å². The van der Waals surface area contributed by atoms with E-state index in [0.717, 1.165) is 17.7 Å². The first-order valence-electron chi connectivity index (χ1n) is 5.81. The molecule has 0 saturated heterocycles. The molecule has 0 saturated carbocycles. The maximum Gasteiger partial charge on any atom is 0.341 e. The average molecular weight is 278 g/mol. The van der Waals surface area contributed by atoms with Gasteiger partial charge in [-0.2, -0.15) is 0 Å². The van der Waals surface area contributed by atoms with Crippen LogP contribution in [0.1, 0.15) is 21.6 Å². The number of anilines is 1. The van der Waals surface area contributed by atoms with Crippen molar-refractivity contribution in [3.8, 4) is 0 Å². The van der Waals surface area contributed by atoms with Crippen molar-refractivity contribution < 1.29 is 18.3 Å². The Morgan fingerprint density at radius 3 is 2.80 bits per heavy atom. The highest BCUT2D eigenvalue weighted by molar-refractivity contribution is 5.90. The van der Waals surface area contributed by atoms with E-state index in [-0.39, 0.29) is 12.3 Å². The number of carbonyl (C=O) groups is 1. The number of pyridine rings is 1. The standard InChI is InChI=1S/C14H12F2N2O2/c1-8-3-2-4-18-13(8)7-20-14(19)9-5-11(16)12(17)6-10(9)15/h2-6H,7,17H2,1H3. The van der Waals surface area contributed by atoms with Gasteiger partial charge in [0.15, 0.2) is 0 Å². The van der Waals surface area contributed by atoms with Crippen LogP contribution < -0.4 is 5.73 Å². The van der Waals surface area contributed by atoms with Gasteiger partial charge in [-0.3, -0.25) is 4.98 Å². The molecule has 0 radical (unpaired) electrons. The van der Waals surface area contributed by atoms with Crippen molar-refractivity contribution in [3.05, 3.63) is 58.9 Å². The first-order chi connectivity index (χ1) is 9.49. The van der Waals surface area contributed by atoms with Gasteiger partial charge in [0.2, 0.25) is 0 Å². The molecule has 0 fully saturated rings. The maximum absolute atomic E-state index is 13.5. The fraction of sp³-hybridized carbons (Fsp3) is 0.143. The second kappa shape index (κ2) is 5.64. The maximum atomic E-state index is 13.5. The minimum Gasteiger partial charge on any atom is -0.455 e. The predicted octanol–water partition coefficient (Wildman–Crippen LogP) is 2.61. The number of nitrogen functional groups attached to an aromatic ring is 1. The normalized spacial score (nSPS) is 10.3. The van der Waals surface area contributed by atoms with Gasteiger partial charge in [-0.05, 0) is 24.6 Å². The molecule has 1 aromatic carbocycles. The molecule has 0 aliphatic heterocycles. The van der Waals surface area contributed by atoms with Crippen LogP contribution >= 0.6 is 0 Å². The number of nitrogens with zero attached hydrogens (tertiary/aromatic N) is 1. The van der Waals surface area contributed by atoms with Crippen LogP contribution in [0, 0.1) is 18.6 Å². The van der Waals surface area contributed by atoms with Crippen LogP contribution in [0.25, 0.3) is 0 Å². The molecule has 0 aliphatic rings. The summed E-state index contributed by atoms with van der Waals surface area (Å²) in [6, 6.07) is 5.02. The number of ether oxygens (including phenoxy) is 1. The number of hydrogen-bond acceptors (Lipinski definition) is 4. The molecular weight excluding hydrogens is 266 g/mol. The van der Waals surface area contributed by atoms with Gasteiger partial charge < -0.3 is 10.5 Å². The zero-order chi connectivity index (χ0) is 14.7. The molecule has 4 nitrogen and oxygen atoms in total. The monoisotopic (exact) mass is 278 g/mol. The fourth-order valence-electron chi connectivity index (χ4n) is 1.60. The lowest BCUT2D eigenvalue weighted by Crippen LogP contribution is -2.10. The van der Waals surface area contributed by atoms with E-state index in [9.17, 15) is 13.6 Å². The number of esters is 1. The number of hydrogen-bond donors (Lipinski definition) is 1. The molecule has 1 aromatic heterocycles. The number of aryl methyl sites for hydroxylation is 1. The largest absolute Gasteiger partial charge is 0.455 e. The van der Waals surface area contributed by atoms with E-state index in [4.69, 9.17) is 10.5 Å². The number of benzene rings is 1. The third-order valence-corrected chi connectivity index (χ3v) is 2.76. The molecule has 0 unspecified atom stereocenters. The number of nitrogens with two attached hydrogens (primary N) is 1. The Morgan fingerprint density at radius 1 is 1.35 bits per heavy atom. The Balaban J connectivity index is 2.13. The third-order valence-electron chi connectivity index (χ3n) is 2.76. The van der Waals surface area contributed by atoms with Crippen LogP contribution in [0.3, 0.4) is 0 Å². The van der Waals surface area contributed by atoms with Gasteiger partial charge in [-0.25, -0.2) is 13.6 Å². The highest BCUT2D eigenvalue weighted by Crippen LogP contribution is 2.18. The fourth-order valence-corrected chi connectivity index (χ4v) is 1.60. The Bertz CT molecular complexity index is 660. The Morgan fingerprint density at radius 2 is 2.10 bits per heavy atom. The van der Waals surface area contributed by atoms with E-state index in [1.165, 1.54) is 0 Å². The molecule has 0 bridgehead atoms. The van der Waals surface area contributed by atoms with Crippen molar-refractivity contribution in [2.75, 3.05) is 5.73 Å². The quantitative estimate of drug-likeness (QED) is 0.692. The highest BCUT2D eigenvalue weighted by atomic mass is 19.1. The van der Waals surface area contributed by atoms with Gasteiger partial charge in [0.1, 0.15) is 18.2 Å². The van der Waals surface area contributed by atoms with Crippen LogP contribution in [0.5, 0.6) is 0 Å². The van der Waals surface area contributed by atoms with Crippen LogP contribution in [-0.4, -0.2) is 11.0 Å². The Labute approximate surface area is 114 Å². The van der Waals surface area contributed by atoms with Crippen molar-refractivity contribution in [1.29, 1.82) is 0 Å². The molecule has 0 atom stereocenters. The SMILES string of the molecule is Cc1cccnc1COC(=O)c1cc(F)c(N)cc1F. The van der Waals surface area contributed by atoms with Gasteiger partial charge in [-0.1, -0.05) is 6.07 Å². The zero-order valence-corrected chi connectivity index (χ0v) is 10.7. The lowest BCUT2D eigenvalue weighted by molar-refractivity contribution is 0.0461. The second-order valence-electron chi connectivity index (χ2n) is 4.20. The summed E-state index contributed by atoms with van der Waals surface area (Å²) < 4.78 is 31.7. The smallest absolute Gasteiger partial charge is 0.341 e. The molecule has 1 heterocycles. The number of rotatable bonds is 3. The third kappa shape index (κ3) is 2.90. The summed E-state index contributed by atoms with van der Waals surface area (Å²) in [5, 5.41) is 0. The molecule has 6 heteroatoms. The predicted molar refractivity (Wildman–Crippen MR) is 68.9 cm³/mol. The molecule has 20 heavy (non-hydrogen) atoms. The first-order valence-corrected chi connectivity index (χ1v) is 5.81. The van der Waals surface area contributed by atoms with E-state index < -0.39 is 23.2 Å². The van der Waals surface area contributed by atoms with Crippen molar-refractivity contribution in [2.24, 2.45) is 0 Å². The number of carbonyl (C=O) groups excluding carboxylic acids is 1. The molecule has 2 rings (SSSR count). The summed E-state index contributed by atoms with van der Waals surface area (Å²) in [7, 11) is 0. The van der Waals surface area contributed by atoms with Crippen LogP contribution in [0.4, 0.5) is 14.5 Å². The minimum atomic E-state index is -0.966. The minimum absolute atomic E-state index is 0.114. The van der Waals surface area contributed by atoms with Crippen molar-refractivity contribution in [1.82, 2.24) is 4.98 Å². The summed E-state index contributed by atoms with van der Waals surface area (Å²) in [6.45, 7) is 1.69. The van der Waals surface area contributed by atoms with E-state index in [2.05, 4.69) is 4.98 Å².